The molecule has 1 N–H and O–H groups in total. The average Bonchev–Trinajstić information content (AvgIpc) is 2.91. The van der Waals surface area contributed by atoms with Gasteiger partial charge in [0.15, 0.2) is 0 Å². The molecule has 3 nitrogen and oxygen atoms in total. The minimum atomic E-state index is 0.0167. The summed E-state index contributed by atoms with van der Waals surface area (Å²) >= 11 is 3.54. The van der Waals surface area contributed by atoms with E-state index in [-0.39, 0.29) is 6.04 Å². The maximum absolute atomic E-state index is 6.09. The van der Waals surface area contributed by atoms with Gasteiger partial charge in [-0.25, -0.2) is 0 Å². The molecule has 2 heterocycles. The number of nitrogens with one attached hydrogen (secondary N) is 1. The summed E-state index contributed by atoms with van der Waals surface area (Å²) in [7, 11) is 0. The number of para-hydroxylation sites is 1. The Morgan fingerprint density at radius 1 is 1.33 bits per heavy atom. The van der Waals surface area contributed by atoms with Crippen molar-refractivity contribution in [2.24, 2.45) is 0 Å². The lowest BCUT2D eigenvalue weighted by Crippen LogP contribution is -2.22. The minimum Gasteiger partial charge on any atom is -0.458 e. The second-order valence-corrected chi connectivity index (χ2v) is 5.88. The molecule has 3 aromatic rings. The zero-order valence-electron chi connectivity index (χ0n) is 12.1. The first-order valence-corrected chi connectivity index (χ1v) is 7.82. The number of rotatable bonds is 4. The van der Waals surface area contributed by atoms with E-state index in [4.69, 9.17) is 4.42 Å². The Labute approximate surface area is 132 Å². The Kier molecular flexibility index (Phi) is 4.08. The topological polar surface area (TPSA) is 38.1 Å². The molecule has 2 aromatic heterocycles. The lowest BCUT2D eigenvalue weighted by atomic mass is 10.0. The van der Waals surface area contributed by atoms with E-state index in [1.807, 2.05) is 30.6 Å². The van der Waals surface area contributed by atoms with Crippen LogP contribution in [0.25, 0.3) is 11.0 Å². The van der Waals surface area contributed by atoms with Crippen molar-refractivity contribution in [2.75, 3.05) is 6.54 Å². The number of aryl methyl sites for hydroxylation is 1. The van der Waals surface area contributed by atoms with E-state index in [0.717, 1.165) is 33.3 Å². The van der Waals surface area contributed by atoms with E-state index in [9.17, 15) is 0 Å². The summed E-state index contributed by atoms with van der Waals surface area (Å²) in [6.07, 6.45) is 3.72. The van der Waals surface area contributed by atoms with E-state index >= 15 is 0 Å². The molecular formula is C17H17BrN2O. The maximum Gasteiger partial charge on any atom is 0.148 e. The van der Waals surface area contributed by atoms with Crippen LogP contribution in [0, 0.1) is 6.92 Å². The highest BCUT2D eigenvalue weighted by molar-refractivity contribution is 9.10. The highest BCUT2D eigenvalue weighted by atomic mass is 79.9. The van der Waals surface area contributed by atoms with Gasteiger partial charge in [-0.1, -0.05) is 19.1 Å². The smallest absolute Gasteiger partial charge is 0.148 e. The predicted molar refractivity (Wildman–Crippen MR) is 88.4 cm³/mol. The first-order chi connectivity index (χ1) is 10.2. The number of nitrogens with zero attached hydrogens (tertiary/aromatic N) is 1. The average molecular weight is 345 g/mol. The Morgan fingerprint density at radius 3 is 2.90 bits per heavy atom. The number of halogens is 1. The van der Waals surface area contributed by atoms with Crippen LogP contribution in [0.2, 0.25) is 0 Å². The molecule has 0 radical (unpaired) electrons. The number of hydrogen-bond acceptors (Lipinski definition) is 3. The van der Waals surface area contributed by atoms with Gasteiger partial charge in [-0.3, -0.25) is 4.98 Å². The standard InChI is InChI=1S/C17H17BrN2O/c1-3-20-16(13-10-19-8-7-11(13)2)15-9-12-5-4-6-14(18)17(12)21-15/h4-10,16,20H,3H2,1-2H3. The highest BCUT2D eigenvalue weighted by Gasteiger charge is 2.20. The number of furan rings is 1. The second-order valence-electron chi connectivity index (χ2n) is 5.03. The van der Waals surface area contributed by atoms with Gasteiger partial charge in [0, 0.05) is 17.8 Å². The summed E-state index contributed by atoms with van der Waals surface area (Å²) in [6, 6.07) is 10.2. The van der Waals surface area contributed by atoms with Crippen LogP contribution in [-0.4, -0.2) is 11.5 Å². The van der Waals surface area contributed by atoms with E-state index in [2.05, 4.69) is 52.2 Å². The van der Waals surface area contributed by atoms with Crippen molar-refractivity contribution < 1.29 is 4.42 Å². The van der Waals surface area contributed by atoms with E-state index < -0.39 is 0 Å². The molecule has 0 fully saturated rings. The second kappa shape index (κ2) is 6.00. The van der Waals surface area contributed by atoms with Crippen LogP contribution in [0.3, 0.4) is 0 Å². The SMILES string of the molecule is CCNC(c1cc2cccc(Br)c2o1)c1cnccc1C. The Bertz CT molecular complexity index is 766. The lowest BCUT2D eigenvalue weighted by molar-refractivity contribution is 0.474. The van der Waals surface area contributed by atoms with Gasteiger partial charge >= 0.3 is 0 Å². The van der Waals surface area contributed by atoms with Crippen LogP contribution in [0.4, 0.5) is 0 Å². The fraction of sp³-hybridized carbons (Fsp3) is 0.235. The molecule has 1 atom stereocenters. The van der Waals surface area contributed by atoms with Crippen LogP contribution in [0.1, 0.15) is 29.9 Å². The molecule has 0 aliphatic heterocycles. The molecule has 108 valence electrons. The minimum absolute atomic E-state index is 0.0167. The van der Waals surface area contributed by atoms with Gasteiger partial charge < -0.3 is 9.73 Å². The molecule has 0 aliphatic rings. The van der Waals surface area contributed by atoms with Crippen molar-refractivity contribution >= 4 is 26.9 Å². The van der Waals surface area contributed by atoms with Crippen LogP contribution in [0.5, 0.6) is 0 Å². The molecule has 0 spiro atoms. The quantitative estimate of drug-likeness (QED) is 0.751. The number of benzene rings is 1. The third-order valence-electron chi connectivity index (χ3n) is 3.60. The van der Waals surface area contributed by atoms with Crippen molar-refractivity contribution in [3.8, 4) is 0 Å². The van der Waals surface area contributed by atoms with E-state index in [1.165, 1.54) is 5.56 Å². The summed E-state index contributed by atoms with van der Waals surface area (Å²) in [5, 5.41) is 4.59. The first-order valence-electron chi connectivity index (χ1n) is 7.02. The third-order valence-corrected chi connectivity index (χ3v) is 4.22. The van der Waals surface area contributed by atoms with Crippen molar-refractivity contribution in [2.45, 2.75) is 19.9 Å². The van der Waals surface area contributed by atoms with E-state index in [1.54, 1.807) is 0 Å². The van der Waals surface area contributed by atoms with Crippen LogP contribution < -0.4 is 5.32 Å². The highest BCUT2D eigenvalue weighted by Crippen LogP contribution is 2.32. The van der Waals surface area contributed by atoms with Gasteiger partial charge in [-0.2, -0.15) is 0 Å². The zero-order chi connectivity index (χ0) is 14.8. The van der Waals surface area contributed by atoms with E-state index in [0.29, 0.717) is 0 Å². The van der Waals surface area contributed by atoms with Crippen LogP contribution in [0.15, 0.2) is 51.6 Å². The number of pyridine rings is 1. The largest absolute Gasteiger partial charge is 0.458 e. The molecule has 0 aliphatic carbocycles. The molecular weight excluding hydrogens is 328 g/mol. The molecule has 1 unspecified atom stereocenters. The molecule has 0 amide bonds. The summed E-state index contributed by atoms with van der Waals surface area (Å²) < 4.78 is 7.06. The predicted octanol–water partition coefficient (Wildman–Crippen LogP) is 4.60. The molecule has 4 heteroatoms. The maximum atomic E-state index is 6.09. The summed E-state index contributed by atoms with van der Waals surface area (Å²) in [5.74, 6) is 0.912. The van der Waals surface area contributed by atoms with Crippen LogP contribution in [-0.2, 0) is 0 Å². The lowest BCUT2D eigenvalue weighted by Gasteiger charge is -2.17. The molecule has 3 rings (SSSR count). The summed E-state index contributed by atoms with van der Waals surface area (Å²) in [4.78, 5) is 4.25. The number of aromatic nitrogens is 1. The van der Waals surface area contributed by atoms with Crippen LogP contribution >= 0.6 is 15.9 Å². The van der Waals surface area contributed by atoms with Gasteiger partial charge in [0.1, 0.15) is 11.3 Å². The number of hydrogen-bond donors (Lipinski definition) is 1. The molecule has 1 aromatic carbocycles. The van der Waals surface area contributed by atoms with Crippen molar-refractivity contribution in [1.82, 2.24) is 10.3 Å². The first kappa shape index (κ1) is 14.3. The molecule has 21 heavy (non-hydrogen) atoms. The zero-order valence-corrected chi connectivity index (χ0v) is 13.6. The molecule has 0 saturated heterocycles. The van der Waals surface area contributed by atoms with Crippen molar-refractivity contribution in [1.29, 1.82) is 0 Å². The van der Waals surface area contributed by atoms with Gasteiger partial charge in [0.25, 0.3) is 0 Å². The van der Waals surface area contributed by atoms with Crippen molar-refractivity contribution in [3.05, 3.63) is 64.1 Å². The Hall–Kier alpha value is -1.65. The Morgan fingerprint density at radius 2 is 2.19 bits per heavy atom. The third kappa shape index (κ3) is 2.74. The van der Waals surface area contributed by atoms with Gasteiger partial charge in [0.2, 0.25) is 0 Å². The number of fused-ring (bicyclic) bond motifs is 1. The summed E-state index contributed by atoms with van der Waals surface area (Å²) in [6.45, 7) is 5.05. The summed E-state index contributed by atoms with van der Waals surface area (Å²) in [5.41, 5.74) is 3.24. The fourth-order valence-electron chi connectivity index (χ4n) is 2.54. The van der Waals surface area contributed by atoms with Gasteiger partial charge in [0.05, 0.1) is 10.5 Å². The monoisotopic (exact) mass is 344 g/mol. The molecule has 0 saturated carbocycles. The van der Waals surface area contributed by atoms with Gasteiger partial charge in [-0.15, -0.1) is 0 Å². The van der Waals surface area contributed by atoms with Crippen molar-refractivity contribution in [3.63, 3.8) is 0 Å². The fourth-order valence-corrected chi connectivity index (χ4v) is 3.00. The normalized spacial score (nSPS) is 12.7. The molecule has 0 bridgehead atoms. The Balaban J connectivity index is 2.11. The van der Waals surface area contributed by atoms with Gasteiger partial charge in [-0.05, 0) is 58.7 Å².